The molecule has 1 heterocycles. The van der Waals surface area contributed by atoms with Crippen LogP contribution in [0.2, 0.25) is 0 Å². The molecule has 4 heteroatoms. The summed E-state index contributed by atoms with van der Waals surface area (Å²) in [5.74, 6) is 0.163. The average Bonchev–Trinajstić information content (AvgIpc) is 3.24. The topological polar surface area (TPSA) is 46.3 Å². The second kappa shape index (κ2) is 5.53. The third-order valence-electron chi connectivity index (χ3n) is 3.96. The summed E-state index contributed by atoms with van der Waals surface area (Å²) in [6.07, 6.45) is 2.23. The van der Waals surface area contributed by atoms with E-state index in [0.29, 0.717) is 12.6 Å². The Labute approximate surface area is 129 Å². The Morgan fingerprint density at radius 1 is 1.29 bits per heavy atom. The Morgan fingerprint density at radius 2 is 1.95 bits per heavy atom. The van der Waals surface area contributed by atoms with E-state index in [9.17, 15) is 4.79 Å². The van der Waals surface area contributed by atoms with Crippen LogP contribution in [-0.4, -0.2) is 16.8 Å². The second-order valence-corrected chi connectivity index (χ2v) is 7.01. The van der Waals surface area contributed by atoms with Gasteiger partial charge in [0.25, 0.3) is 5.91 Å². The van der Waals surface area contributed by atoms with Gasteiger partial charge >= 0.3 is 0 Å². The van der Waals surface area contributed by atoms with E-state index >= 15 is 0 Å². The summed E-state index contributed by atoms with van der Waals surface area (Å²) in [4.78, 5) is 16.9. The first-order valence-corrected chi connectivity index (χ1v) is 8.08. The number of rotatable bonds is 4. The van der Waals surface area contributed by atoms with Crippen LogP contribution in [0.3, 0.4) is 0 Å². The van der Waals surface area contributed by atoms with Crippen molar-refractivity contribution in [2.75, 3.05) is 5.73 Å². The highest BCUT2D eigenvalue weighted by Gasteiger charge is 2.33. The fourth-order valence-electron chi connectivity index (χ4n) is 2.39. The van der Waals surface area contributed by atoms with Gasteiger partial charge in [0.05, 0.1) is 4.88 Å². The van der Waals surface area contributed by atoms with Gasteiger partial charge in [0.1, 0.15) is 0 Å². The van der Waals surface area contributed by atoms with E-state index in [2.05, 4.69) is 13.8 Å². The lowest BCUT2D eigenvalue weighted by atomic mass is 10.2. The van der Waals surface area contributed by atoms with Gasteiger partial charge in [-0.1, -0.05) is 12.1 Å². The van der Waals surface area contributed by atoms with Crippen LogP contribution in [0.15, 0.2) is 30.3 Å². The lowest BCUT2D eigenvalue weighted by molar-refractivity contribution is 0.0735. The van der Waals surface area contributed by atoms with Gasteiger partial charge in [-0.15, -0.1) is 11.3 Å². The number of nitrogens with two attached hydrogens (primary N) is 1. The zero-order valence-corrected chi connectivity index (χ0v) is 13.2. The summed E-state index contributed by atoms with van der Waals surface area (Å²) in [5, 5.41) is 0. The smallest absolute Gasteiger partial charge is 0.264 e. The van der Waals surface area contributed by atoms with Gasteiger partial charge in [-0.2, -0.15) is 0 Å². The molecule has 1 aromatic heterocycles. The quantitative estimate of drug-likeness (QED) is 0.874. The number of benzene rings is 1. The maximum Gasteiger partial charge on any atom is 0.264 e. The molecule has 0 aliphatic heterocycles. The Hall–Kier alpha value is -1.81. The van der Waals surface area contributed by atoms with Gasteiger partial charge in [0.15, 0.2) is 0 Å². The van der Waals surface area contributed by atoms with Crippen molar-refractivity contribution in [3.63, 3.8) is 0 Å². The average molecular weight is 300 g/mol. The van der Waals surface area contributed by atoms with Crippen molar-refractivity contribution in [1.29, 1.82) is 0 Å². The number of aryl methyl sites for hydroxylation is 2. The molecule has 1 amide bonds. The molecule has 0 saturated heterocycles. The van der Waals surface area contributed by atoms with Gasteiger partial charge < -0.3 is 10.6 Å². The maximum absolute atomic E-state index is 12.8. The van der Waals surface area contributed by atoms with Crippen LogP contribution >= 0.6 is 11.3 Å². The first-order valence-electron chi connectivity index (χ1n) is 7.27. The van der Waals surface area contributed by atoms with Gasteiger partial charge in [-0.3, -0.25) is 4.79 Å². The van der Waals surface area contributed by atoms with Crippen LogP contribution < -0.4 is 5.73 Å². The summed E-state index contributed by atoms with van der Waals surface area (Å²) in [6, 6.07) is 10.2. The molecule has 21 heavy (non-hydrogen) atoms. The van der Waals surface area contributed by atoms with Crippen molar-refractivity contribution in [2.24, 2.45) is 0 Å². The van der Waals surface area contributed by atoms with Gasteiger partial charge in [-0.05, 0) is 56.0 Å². The third kappa shape index (κ3) is 3.10. The largest absolute Gasteiger partial charge is 0.399 e. The molecule has 110 valence electrons. The van der Waals surface area contributed by atoms with Gasteiger partial charge in [0, 0.05) is 23.2 Å². The van der Waals surface area contributed by atoms with Gasteiger partial charge in [-0.25, -0.2) is 0 Å². The molecular formula is C17H20N2OS. The summed E-state index contributed by atoms with van der Waals surface area (Å²) in [5.41, 5.74) is 8.81. The molecule has 0 spiro atoms. The van der Waals surface area contributed by atoms with E-state index < -0.39 is 0 Å². The fraction of sp³-hybridized carbons (Fsp3) is 0.353. The zero-order valence-electron chi connectivity index (χ0n) is 12.4. The molecular weight excluding hydrogens is 280 g/mol. The molecule has 0 bridgehead atoms. The van der Waals surface area contributed by atoms with E-state index in [1.807, 2.05) is 35.2 Å². The highest BCUT2D eigenvalue weighted by atomic mass is 32.1. The number of carbonyl (C=O) groups excluding carboxylic acids is 1. The van der Waals surface area contributed by atoms with Crippen LogP contribution in [0.1, 0.15) is 38.5 Å². The lowest BCUT2D eigenvalue weighted by Gasteiger charge is -2.22. The minimum Gasteiger partial charge on any atom is -0.399 e. The molecule has 3 rings (SSSR count). The van der Waals surface area contributed by atoms with E-state index in [0.717, 1.165) is 29.0 Å². The minimum atomic E-state index is 0.163. The molecule has 2 N–H and O–H groups in total. The number of hydrogen-bond acceptors (Lipinski definition) is 3. The zero-order chi connectivity index (χ0) is 15.0. The molecule has 0 unspecified atom stereocenters. The van der Waals surface area contributed by atoms with Crippen LogP contribution in [0, 0.1) is 13.8 Å². The highest BCUT2D eigenvalue weighted by molar-refractivity contribution is 7.14. The Kier molecular flexibility index (Phi) is 3.72. The van der Waals surface area contributed by atoms with Crippen molar-refractivity contribution >= 4 is 22.9 Å². The van der Waals surface area contributed by atoms with E-state index in [-0.39, 0.29) is 5.91 Å². The van der Waals surface area contributed by atoms with Crippen molar-refractivity contribution < 1.29 is 4.79 Å². The SMILES string of the molecule is Cc1cc(C(=O)N(Cc2ccc(N)cc2)C2CC2)sc1C. The number of amides is 1. The van der Waals surface area contributed by atoms with Crippen LogP contribution in [-0.2, 0) is 6.54 Å². The molecule has 1 fully saturated rings. The number of nitrogen functional groups attached to an aromatic ring is 1. The minimum absolute atomic E-state index is 0.163. The van der Waals surface area contributed by atoms with E-state index in [1.165, 1.54) is 10.4 Å². The van der Waals surface area contributed by atoms with Crippen molar-refractivity contribution in [3.05, 3.63) is 51.2 Å². The Morgan fingerprint density at radius 3 is 2.48 bits per heavy atom. The molecule has 0 radical (unpaired) electrons. The maximum atomic E-state index is 12.8. The summed E-state index contributed by atoms with van der Waals surface area (Å²) < 4.78 is 0. The Bertz CT molecular complexity index is 636. The summed E-state index contributed by atoms with van der Waals surface area (Å²) >= 11 is 1.60. The molecule has 3 nitrogen and oxygen atoms in total. The molecule has 1 aliphatic rings. The normalized spacial score (nSPS) is 14.2. The number of thiophene rings is 1. The van der Waals surface area contributed by atoms with Crippen LogP contribution in [0.5, 0.6) is 0 Å². The molecule has 1 aliphatic carbocycles. The monoisotopic (exact) mass is 300 g/mol. The third-order valence-corrected chi connectivity index (χ3v) is 5.10. The van der Waals surface area contributed by atoms with Crippen LogP contribution in [0.4, 0.5) is 5.69 Å². The summed E-state index contributed by atoms with van der Waals surface area (Å²) in [7, 11) is 0. The van der Waals surface area contributed by atoms with E-state index in [4.69, 9.17) is 5.73 Å². The van der Waals surface area contributed by atoms with Gasteiger partial charge in [0.2, 0.25) is 0 Å². The molecule has 0 atom stereocenters. The number of anilines is 1. The van der Waals surface area contributed by atoms with Crippen LogP contribution in [0.25, 0.3) is 0 Å². The summed E-state index contributed by atoms with van der Waals surface area (Å²) in [6.45, 7) is 4.79. The lowest BCUT2D eigenvalue weighted by Crippen LogP contribution is -2.32. The number of carbonyl (C=O) groups is 1. The molecule has 1 saturated carbocycles. The van der Waals surface area contributed by atoms with Crippen molar-refractivity contribution in [2.45, 2.75) is 39.3 Å². The Balaban J connectivity index is 1.81. The predicted octanol–water partition coefficient (Wildman–Crippen LogP) is 3.75. The number of hydrogen-bond donors (Lipinski definition) is 1. The highest BCUT2D eigenvalue weighted by Crippen LogP contribution is 2.32. The predicted molar refractivity (Wildman–Crippen MR) is 87.5 cm³/mol. The van der Waals surface area contributed by atoms with Crippen molar-refractivity contribution in [3.8, 4) is 0 Å². The first-order chi connectivity index (χ1) is 10.0. The first kappa shape index (κ1) is 14.1. The molecule has 1 aromatic carbocycles. The second-order valence-electron chi connectivity index (χ2n) is 5.76. The standard InChI is InChI=1S/C17H20N2OS/c1-11-9-16(21-12(11)2)17(20)19(15-7-8-15)10-13-3-5-14(18)6-4-13/h3-6,9,15H,7-8,10,18H2,1-2H3. The molecule has 2 aromatic rings. The van der Waals surface area contributed by atoms with E-state index in [1.54, 1.807) is 11.3 Å². The van der Waals surface area contributed by atoms with Crippen molar-refractivity contribution in [1.82, 2.24) is 4.90 Å². The number of nitrogens with zero attached hydrogens (tertiary/aromatic N) is 1. The fourth-order valence-corrected chi connectivity index (χ4v) is 3.38.